The van der Waals surface area contributed by atoms with Gasteiger partial charge in [-0.2, -0.15) is 5.10 Å². The smallest absolute Gasteiger partial charge is 0.229 e. The van der Waals surface area contributed by atoms with Crippen LogP contribution in [0, 0.1) is 5.92 Å². The number of H-pyrrole nitrogens is 1. The summed E-state index contributed by atoms with van der Waals surface area (Å²) in [6.07, 6.45) is 8.24. The van der Waals surface area contributed by atoms with Gasteiger partial charge in [0.05, 0.1) is 24.8 Å². The number of hydrogen-bond donors (Lipinski definition) is 2. The van der Waals surface area contributed by atoms with Crippen molar-refractivity contribution < 1.29 is 14.6 Å². The minimum absolute atomic E-state index is 0.00111. The van der Waals surface area contributed by atoms with Crippen LogP contribution in [0.4, 0.5) is 0 Å². The number of nitrogens with one attached hydrogen (secondary N) is 1. The molecule has 1 aliphatic heterocycles. The van der Waals surface area contributed by atoms with E-state index in [0.717, 1.165) is 24.0 Å². The van der Waals surface area contributed by atoms with Crippen molar-refractivity contribution in [1.82, 2.24) is 20.1 Å². The Bertz CT molecular complexity index is 633. The van der Waals surface area contributed by atoms with Gasteiger partial charge in [-0.15, -0.1) is 0 Å². The molecular weight excluding hydrogens is 308 g/mol. The lowest BCUT2D eigenvalue weighted by molar-refractivity contribution is -0.146. The largest absolute Gasteiger partial charge is 0.395 e. The summed E-state index contributed by atoms with van der Waals surface area (Å²) in [5.41, 5.74) is 1.83. The molecule has 7 heteroatoms. The summed E-state index contributed by atoms with van der Waals surface area (Å²) in [5, 5.41) is 16.1. The van der Waals surface area contributed by atoms with E-state index in [9.17, 15) is 9.90 Å². The third-order valence-electron chi connectivity index (χ3n) is 4.27. The maximum absolute atomic E-state index is 13.1. The highest BCUT2D eigenvalue weighted by Gasteiger charge is 2.36. The molecule has 0 bridgehead atoms. The van der Waals surface area contributed by atoms with Gasteiger partial charge in [0.25, 0.3) is 0 Å². The summed E-state index contributed by atoms with van der Waals surface area (Å²) in [7, 11) is 0. The molecule has 0 unspecified atom stereocenters. The zero-order chi connectivity index (χ0) is 16.8. The van der Waals surface area contributed by atoms with Crippen LogP contribution in [0.1, 0.15) is 30.1 Å². The average molecular weight is 330 g/mol. The molecule has 0 aromatic carbocycles. The number of aliphatic hydroxyl groups excluding tert-OH is 1. The van der Waals surface area contributed by atoms with Gasteiger partial charge in [0.15, 0.2) is 0 Å². The highest BCUT2D eigenvalue weighted by atomic mass is 16.5. The number of pyridine rings is 1. The molecule has 3 rings (SSSR count). The Hall–Kier alpha value is -2.25. The first-order valence-corrected chi connectivity index (χ1v) is 8.18. The van der Waals surface area contributed by atoms with Crippen molar-refractivity contribution in [2.45, 2.75) is 25.5 Å². The van der Waals surface area contributed by atoms with Gasteiger partial charge >= 0.3 is 0 Å². The predicted molar refractivity (Wildman–Crippen MR) is 86.7 cm³/mol. The van der Waals surface area contributed by atoms with Crippen LogP contribution in [0.25, 0.3) is 0 Å². The van der Waals surface area contributed by atoms with Crippen LogP contribution in [0.2, 0.25) is 0 Å². The summed E-state index contributed by atoms with van der Waals surface area (Å²) in [4.78, 5) is 18.9. The Kier molecular flexibility index (Phi) is 5.55. The van der Waals surface area contributed by atoms with Crippen molar-refractivity contribution in [3.63, 3.8) is 0 Å². The van der Waals surface area contributed by atoms with Crippen LogP contribution in [-0.2, 0) is 16.1 Å². The van der Waals surface area contributed by atoms with E-state index >= 15 is 0 Å². The molecule has 128 valence electrons. The summed E-state index contributed by atoms with van der Waals surface area (Å²) < 4.78 is 5.85. The topological polar surface area (TPSA) is 91.3 Å². The molecule has 2 aromatic heterocycles. The van der Waals surface area contributed by atoms with E-state index in [0.29, 0.717) is 19.7 Å². The fourth-order valence-electron chi connectivity index (χ4n) is 3.11. The van der Waals surface area contributed by atoms with E-state index in [1.54, 1.807) is 29.7 Å². The number of ether oxygens (including phenoxy) is 1. The minimum Gasteiger partial charge on any atom is -0.395 e. The maximum atomic E-state index is 13.1. The molecule has 2 N–H and O–H groups in total. The Morgan fingerprint density at radius 1 is 1.46 bits per heavy atom. The molecule has 7 nitrogen and oxygen atoms in total. The molecule has 3 heterocycles. The number of carbonyl (C=O) groups excluding carboxylic acids is 1. The number of amides is 1. The van der Waals surface area contributed by atoms with Gasteiger partial charge < -0.3 is 14.7 Å². The van der Waals surface area contributed by atoms with Crippen molar-refractivity contribution in [3.05, 3.63) is 48.0 Å². The molecule has 0 aliphatic carbocycles. The minimum atomic E-state index is -0.292. The van der Waals surface area contributed by atoms with Crippen LogP contribution in [-0.4, -0.2) is 50.9 Å². The molecule has 0 saturated carbocycles. The normalized spacial score (nSPS) is 20.7. The van der Waals surface area contributed by atoms with E-state index in [4.69, 9.17) is 4.74 Å². The number of hydrogen-bond acceptors (Lipinski definition) is 5. The molecule has 0 spiro atoms. The number of nitrogens with zero attached hydrogens (tertiary/aromatic N) is 3. The number of rotatable bonds is 6. The van der Waals surface area contributed by atoms with Crippen molar-refractivity contribution in [1.29, 1.82) is 0 Å². The fraction of sp³-hybridized carbons (Fsp3) is 0.471. The number of aromatic nitrogens is 3. The van der Waals surface area contributed by atoms with Crippen molar-refractivity contribution in [3.8, 4) is 0 Å². The molecule has 0 radical (unpaired) electrons. The fourth-order valence-corrected chi connectivity index (χ4v) is 3.11. The predicted octanol–water partition coefficient (Wildman–Crippen LogP) is 1.29. The molecule has 2 aromatic rings. The zero-order valence-electron chi connectivity index (χ0n) is 13.5. The van der Waals surface area contributed by atoms with Gasteiger partial charge in [-0.3, -0.25) is 14.9 Å². The lowest BCUT2D eigenvalue weighted by Crippen LogP contribution is -2.41. The molecule has 1 aliphatic rings. The second-order valence-electron chi connectivity index (χ2n) is 5.92. The van der Waals surface area contributed by atoms with Crippen molar-refractivity contribution in [2.24, 2.45) is 5.92 Å². The van der Waals surface area contributed by atoms with E-state index in [1.165, 1.54) is 0 Å². The Balaban J connectivity index is 1.77. The van der Waals surface area contributed by atoms with E-state index < -0.39 is 0 Å². The van der Waals surface area contributed by atoms with Gasteiger partial charge in [0.1, 0.15) is 0 Å². The molecule has 24 heavy (non-hydrogen) atoms. The summed E-state index contributed by atoms with van der Waals surface area (Å²) in [6, 6.07) is 3.77. The van der Waals surface area contributed by atoms with Gasteiger partial charge in [-0.25, -0.2) is 0 Å². The molecular formula is C17H22N4O3. The summed E-state index contributed by atoms with van der Waals surface area (Å²) >= 11 is 0. The number of aromatic amines is 1. The summed E-state index contributed by atoms with van der Waals surface area (Å²) in [6.45, 7) is 1.29. The maximum Gasteiger partial charge on any atom is 0.229 e. The second-order valence-corrected chi connectivity index (χ2v) is 5.92. The Morgan fingerprint density at radius 2 is 2.38 bits per heavy atom. The van der Waals surface area contributed by atoms with E-state index in [-0.39, 0.29) is 24.5 Å². The Labute approximate surface area is 140 Å². The first-order valence-electron chi connectivity index (χ1n) is 8.18. The molecule has 1 saturated heterocycles. The number of carbonyl (C=O) groups is 1. The van der Waals surface area contributed by atoms with E-state index in [1.807, 2.05) is 12.1 Å². The quantitative estimate of drug-likeness (QED) is 0.833. The Morgan fingerprint density at radius 3 is 3.08 bits per heavy atom. The van der Waals surface area contributed by atoms with Gasteiger partial charge in [-0.05, 0) is 24.5 Å². The van der Waals surface area contributed by atoms with Gasteiger partial charge in [0, 0.05) is 43.9 Å². The molecule has 1 amide bonds. The van der Waals surface area contributed by atoms with Crippen LogP contribution in [0.3, 0.4) is 0 Å². The lowest BCUT2D eigenvalue weighted by Gasteiger charge is -2.34. The highest BCUT2D eigenvalue weighted by Crippen LogP contribution is 2.34. The lowest BCUT2D eigenvalue weighted by atomic mass is 9.89. The average Bonchev–Trinajstić information content (AvgIpc) is 3.16. The highest BCUT2D eigenvalue weighted by molar-refractivity contribution is 5.79. The first-order chi connectivity index (χ1) is 11.8. The molecule has 2 atom stereocenters. The zero-order valence-corrected chi connectivity index (χ0v) is 13.5. The van der Waals surface area contributed by atoms with Gasteiger partial charge in [0.2, 0.25) is 5.91 Å². The third-order valence-corrected chi connectivity index (χ3v) is 4.27. The SMILES string of the molecule is O=C([C@@H]1CCCO[C@H]1c1cn[nH]c1)N(CCO)Cc1cccnc1. The van der Waals surface area contributed by atoms with Crippen LogP contribution >= 0.6 is 0 Å². The van der Waals surface area contributed by atoms with Crippen LogP contribution < -0.4 is 0 Å². The van der Waals surface area contributed by atoms with Gasteiger partial charge in [-0.1, -0.05) is 6.07 Å². The van der Waals surface area contributed by atoms with E-state index in [2.05, 4.69) is 15.2 Å². The molecule has 1 fully saturated rings. The van der Waals surface area contributed by atoms with Crippen LogP contribution in [0.15, 0.2) is 36.9 Å². The van der Waals surface area contributed by atoms with Crippen LogP contribution in [0.5, 0.6) is 0 Å². The second kappa shape index (κ2) is 8.03. The third kappa shape index (κ3) is 3.80. The summed E-state index contributed by atoms with van der Waals surface area (Å²) in [5.74, 6) is -0.265. The van der Waals surface area contributed by atoms with Crippen molar-refractivity contribution in [2.75, 3.05) is 19.8 Å². The monoisotopic (exact) mass is 330 g/mol. The standard InChI is InChI=1S/C17H22N4O3/c22-7-6-21(12-13-3-1-5-18-9-13)17(23)15-4-2-8-24-16(15)14-10-19-20-11-14/h1,3,5,9-11,15-16,22H,2,4,6-8,12H2,(H,19,20)/t15-,16+/m1/s1. The number of aliphatic hydroxyl groups is 1. The first kappa shape index (κ1) is 16.6. The van der Waals surface area contributed by atoms with Crippen molar-refractivity contribution >= 4 is 5.91 Å².